The summed E-state index contributed by atoms with van der Waals surface area (Å²) in [6.07, 6.45) is 2.68. The number of nitrogen functional groups attached to an aromatic ring is 1. The molecule has 2 fully saturated rings. The van der Waals surface area contributed by atoms with E-state index >= 15 is 0 Å². The molecule has 5 atom stereocenters. The molecule has 1 amide bonds. The molecule has 0 spiro atoms. The van der Waals surface area contributed by atoms with Crippen molar-refractivity contribution >= 4 is 40.8 Å². The molecule has 48 heavy (non-hydrogen) atoms. The molecular weight excluding hydrogens is 628 g/mol. The van der Waals surface area contributed by atoms with Gasteiger partial charge in [0.05, 0.1) is 16.8 Å². The van der Waals surface area contributed by atoms with Crippen LogP contribution in [0.4, 0.5) is 16.3 Å². The highest BCUT2D eigenvalue weighted by molar-refractivity contribution is 5.81. The number of hydrogen-bond donors (Lipinski definition) is 3. The molecule has 0 unspecified atom stereocenters. The number of nitro benzene ring substituents is 1. The number of hydrogen-bond acceptors (Lipinski definition) is 13. The van der Waals surface area contributed by atoms with E-state index in [1.165, 1.54) is 12.4 Å². The summed E-state index contributed by atoms with van der Waals surface area (Å²) in [5.41, 5.74) is 6.44. The summed E-state index contributed by atoms with van der Waals surface area (Å²) in [6, 6.07) is 5.21. The van der Waals surface area contributed by atoms with E-state index < -0.39 is 59.0 Å². The number of amides is 1. The van der Waals surface area contributed by atoms with E-state index in [4.69, 9.17) is 24.7 Å². The van der Waals surface area contributed by atoms with E-state index in [1.54, 1.807) is 62.0 Å². The van der Waals surface area contributed by atoms with Crippen molar-refractivity contribution in [3.63, 3.8) is 0 Å². The predicted octanol–water partition coefficient (Wildman–Crippen LogP) is 3.12. The number of esters is 1. The van der Waals surface area contributed by atoms with Crippen LogP contribution in [0.15, 0.2) is 43.0 Å². The molecule has 2 aliphatic rings. The number of rotatable bonds is 12. The number of aromatic nitrogens is 4. The molecule has 17 nitrogen and oxygen atoms in total. The number of carbonyl (C=O) groups excluding carboxylic acids is 1. The van der Waals surface area contributed by atoms with Gasteiger partial charge in [0.1, 0.15) is 41.8 Å². The van der Waals surface area contributed by atoms with E-state index in [-0.39, 0.29) is 37.6 Å². The lowest BCUT2D eigenvalue weighted by atomic mass is 10.1. The van der Waals surface area contributed by atoms with Crippen molar-refractivity contribution in [3.05, 3.63) is 58.7 Å². The third-order valence-electron chi connectivity index (χ3n) is 7.74. The molecule has 4 heterocycles. The van der Waals surface area contributed by atoms with Gasteiger partial charge in [-0.3, -0.25) is 19.6 Å². The highest BCUT2D eigenvalue weighted by Gasteiger charge is 2.56. The van der Waals surface area contributed by atoms with Crippen LogP contribution >= 0.6 is 0 Å². The Hall–Kier alpha value is -4.71. The minimum absolute atomic E-state index is 0.0449. The first-order valence-corrected chi connectivity index (χ1v) is 15.4. The van der Waals surface area contributed by atoms with Crippen LogP contribution in [0, 0.1) is 10.1 Å². The molecule has 2 aromatic heterocycles. The van der Waals surface area contributed by atoms with Crippen molar-refractivity contribution in [3.8, 4) is 0 Å². The van der Waals surface area contributed by atoms with Crippen molar-refractivity contribution < 1.29 is 38.6 Å². The van der Waals surface area contributed by atoms with E-state index in [1.807, 2.05) is 18.7 Å². The van der Waals surface area contributed by atoms with Crippen LogP contribution in [0.2, 0.25) is 0 Å². The second-order valence-electron chi connectivity index (χ2n) is 13.0. The highest BCUT2D eigenvalue weighted by atomic mass is 16.8. The van der Waals surface area contributed by atoms with E-state index in [0.29, 0.717) is 16.7 Å². The Labute approximate surface area is 276 Å². The fourth-order valence-corrected chi connectivity index (χ4v) is 5.80. The maximum atomic E-state index is 12.9. The number of carbonyl (C=O) groups is 2. The number of para-hydroxylation sites is 1. The topological polar surface area (TPSA) is 219 Å². The lowest BCUT2D eigenvalue weighted by molar-refractivity contribution is -0.385. The SMILES string of the molecule is CC(C)(C)OC(=O)[C@H](CCN(CC=Cc1ccccc1[N+](=O)[O-])C[C@H]1O[C@@H](n2cnc3c(N)ncnc32)[C@@H]2OC(C)(C)O[C@@H]21)NC(=O)O. The van der Waals surface area contributed by atoms with E-state index in [2.05, 4.69) is 20.3 Å². The van der Waals surface area contributed by atoms with Crippen molar-refractivity contribution in [1.82, 2.24) is 29.7 Å². The number of nitrogens with zero attached hydrogens (tertiary/aromatic N) is 6. The first-order valence-electron chi connectivity index (χ1n) is 15.4. The maximum absolute atomic E-state index is 12.9. The molecule has 0 aliphatic carbocycles. The largest absolute Gasteiger partial charge is 0.465 e. The monoisotopic (exact) mass is 668 g/mol. The molecule has 3 aromatic rings. The quantitative estimate of drug-likeness (QED) is 0.143. The minimum Gasteiger partial charge on any atom is -0.465 e. The Morgan fingerprint density at radius 1 is 1.23 bits per heavy atom. The predicted molar refractivity (Wildman–Crippen MR) is 171 cm³/mol. The van der Waals surface area contributed by atoms with Gasteiger partial charge in [-0.05, 0) is 47.1 Å². The van der Waals surface area contributed by atoms with Crippen LogP contribution < -0.4 is 11.1 Å². The fourth-order valence-electron chi connectivity index (χ4n) is 5.80. The lowest BCUT2D eigenvalue weighted by Crippen LogP contribution is -2.47. The van der Waals surface area contributed by atoms with Gasteiger partial charge in [-0.25, -0.2) is 24.5 Å². The smallest absolute Gasteiger partial charge is 0.405 e. The van der Waals surface area contributed by atoms with Gasteiger partial charge in [0.25, 0.3) is 5.69 Å². The summed E-state index contributed by atoms with van der Waals surface area (Å²) in [5.74, 6) is -1.41. The Balaban J connectivity index is 1.41. The van der Waals surface area contributed by atoms with Crippen molar-refractivity contribution in [1.29, 1.82) is 0 Å². The number of nitro groups is 1. The van der Waals surface area contributed by atoms with Gasteiger partial charge in [0, 0.05) is 25.7 Å². The Kier molecular flexibility index (Phi) is 9.95. The second kappa shape index (κ2) is 13.8. The average Bonchev–Trinajstić information content (AvgIpc) is 3.65. The Morgan fingerprint density at radius 2 is 1.96 bits per heavy atom. The molecule has 0 radical (unpaired) electrons. The van der Waals surface area contributed by atoms with Gasteiger partial charge in [0.2, 0.25) is 0 Å². The molecule has 0 saturated carbocycles. The molecule has 17 heteroatoms. The average molecular weight is 669 g/mol. The summed E-state index contributed by atoms with van der Waals surface area (Å²) in [4.78, 5) is 50.3. The van der Waals surface area contributed by atoms with E-state index in [0.717, 1.165) is 0 Å². The number of benzene rings is 1. The third-order valence-corrected chi connectivity index (χ3v) is 7.74. The summed E-state index contributed by atoms with van der Waals surface area (Å²) in [5, 5.41) is 23.3. The van der Waals surface area contributed by atoms with E-state index in [9.17, 15) is 24.8 Å². The number of nitrogens with two attached hydrogens (primary N) is 1. The van der Waals surface area contributed by atoms with Crippen LogP contribution in [0.3, 0.4) is 0 Å². The Bertz CT molecular complexity index is 1690. The maximum Gasteiger partial charge on any atom is 0.405 e. The molecule has 0 bridgehead atoms. The van der Waals surface area contributed by atoms with Gasteiger partial charge in [-0.2, -0.15) is 0 Å². The zero-order valence-electron chi connectivity index (χ0n) is 27.3. The first-order chi connectivity index (χ1) is 22.6. The van der Waals surface area contributed by atoms with Crippen LogP contribution in [0.5, 0.6) is 0 Å². The Morgan fingerprint density at radius 3 is 2.67 bits per heavy atom. The van der Waals surface area contributed by atoms with Gasteiger partial charge < -0.3 is 35.1 Å². The van der Waals surface area contributed by atoms with Crippen LogP contribution in [0.25, 0.3) is 17.2 Å². The highest BCUT2D eigenvalue weighted by Crippen LogP contribution is 2.44. The van der Waals surface area contributed by atoms with Crippen LogP contribution in [-0.2, 0) is 23.7 Å². The number of anilines is 1. The van der Waals surface area contributed by atoms with Crippen molar-refractivity contribution in [2.24, 2.45) is 0 Å². The second-order valence-corrected chi connectivity index (χ2v) is 13.0. The molecule has 1 aromatic carbocycles. The summed E-state index contributed by atoms with van der Waals surface area (Å²) >= 11 is 0. The van der Waals surface area contributed by atoms with Gasteiger partial charge in [-0.15, -0.1) is 0 Å². The summed E-state index contributed by atoms with van der Waals surface area (Å²) < 4.78 is 26.4. The van der Waals surface area contributed by atoms with Crippen molar-refractivity contribution in [2.45, 2.75) is 83.0 Å². The normalized spacial score (nSPS) is 22.6. The molecular formula is C31H40N8O9. The number of fused-ring (bicyclic) bond motifs is 2. The zero-order chi connectivity index (χ0) is 34.8. The number of ether oxygens (including phenoxy) is 4. The van der Waals surface area contributed by atoms with Crippen LogP contribution in [0.1, 0.15) is 52.8 Å². The van der Waals surface area contributed by atoms with Gasteiger partial charge >= 0.3 is 12.1 Å². The molecule has 2 saturated heterocycles. The third kappa shape index (κ3) is 8.04. The number of imidazole rings is 1. The summed E-state index contributed by atoms with van der Waals surface area (Å²) in [7, 11) is 0. The number of carboxylic acid groups (broad SMARTS) is 1. The number of nitrogens with one attached hydrogen (secondary N) is 1. The molecule has 5 rings (SSSR count). The molecule has 2 aliphatic heterocycles. The first kappa shape index (κ1) is 34.6. The zero-order valence-corrected chi connectivity index (χ0v) is 27.3. The minimum atomic E-state index is -1.37. The molecule has 4 N–H and O–H groups in total. The van der Waals surface area contributed by atoms with Gasteiger partial charge in [-0.1, -0.05) is 24.3 Å². The summed E-state index contributed by atoms with van der Waals surface area (Å²) in [6.45, 7) is 9.45. The van der Waals surface area contributed by atoms with Crippen molar-refractivity contribution in [2.75, 3.05) is 25.4 Å². The molecule has 258 valence electrons. The van der Waals surface area contributed by atoms with Crippen LogP contribution in [-0.4, -0.2) is 102 Å². The standard InChI is InChI=1S/C31H40N8O9/c1-30(2,3)48-28(40)19(36-29(41)42)12-14-37(13-8-10-18-9-6-7-11-20(18)39(43)44)15-21-23-24(47-31(4,5)46-23)27(45-21)38-17-35-22-25(32)33-16-34-26(22)38/h6-11,16-17,19,21,23-24,27,36H,12-15H2,1-5H3,(H,41,42)(H2,32,33,34)/t19-,21+,23+,24+,27+/m0/s1. The lowest BCUT2D eigenvalue weighted by Gasteiger charge is -2.30. The van der Waals surface area contributed by atoms with Gasteiger partial charge in [0.15, 0.2) is 23.5 Å². The fraction of sp³-hybridized carbons (Fsp3) is 0.516.